The molecule has 0 aliphatic carbocycles. The predicted octanol–water partition coefficient (Wildman–Crippen LogP) is 5.34. The van der Waals surface area contributed by atoms with E-state index < -0.39 is 39.8 Å². The first-order valence-corrected chi connectivity index (χ1v) is 13.0. The molecule has 5 nitrogen and oxygen atoms in total. The van der Waals surface area contributed by atoms with Crippen molar-refractivity contribution in [3.63, 3.8) is 0 Å². The van der Waals surface area contributed by atoms with Crippen molar-refractivity contribution < 1.29 is 30.4 Å². The molecule has 0 aromatic heterocycles. The second-order valence-electron chi connectivity index (χ2n) is 8.85. The van der Waals surface area contributed by atoms with Gasteiger partial charge in [0.1, 0.15) is 16.9 Å². The molecule has 2 aromatic rings. The average Bonchev–Trinajstić information content (AvgIpc) is 2.78. The summed E-state index contributed by atoms with van der Waals surface area (Å²) in [5.41, 5.74) is -0.589. The molecule has 0 unspecified atom stereocenters. The van der Waals surface area contributed by atoms with Crippen LogP contribution in [-0.2, 0) is 16.2 Å². The van der Waals surface area contributed by atoms with E-state index in [-0.39, 0.29) is 35.2 Å². The van der Waals surface area contributed by atoms with E-state index in [1.54, 1.807) is 19.1 Å². The molecule has 2 aliphatic rings. The van der Waals surface area contributed by atoms with Gasteiger partial charge < -0.3 is 9.80 Å². The Balaban J connectivity index is 1.53. The SMILES string of the molecule is C[C@@H]1CN(c2ccc(F)cc2C(F)(F)F)CCN1S(=O)(=O)c1ccc(N2CCC(F)CC2)cc1Cl. The van der Waals surface area contributed by atoms with Crippen molar-refractivity contribution in [1.29, 1.82) is 0 Å². The van der Waals surface area contributed by atoms with Gasteiger partial charge in [0.15, 0.2) is 0 Å². The fraction of sp³-hybridized carbons (Fsp3) is 0.478. The lowest BCUT2D eigenvalue weighted by Gasteiger charge is -2.41. The number of rotatable bonds is 4. The lowest BCUT2D eigenvalue weighted by molar-refractivity contribution is -0.137. The van der Waals surface area contributed by atoms with Crippen molar-refractivity contribution >= 4 is 33.0 Å². The quantitative estimate of drug-likeness (QED) is 0.494. The molecule has 1 atom stereocenters. The normalized spacial score (nSPS) is 20.9. The van der Waals surface area contributed by atoms with Crippen LogP contribution < -0.4 is 9.80 Å². The Bertz CT molecular complexity index is 1190. The van der Waals surface area contributed by atoms with Crippen LogP contribution in [0.3, 0.4) is 0 Å². The van der Waals surface area contributed by atoms with E-state index in [2.05, 4.69) is 0 Å². The molecule has 2 aliphatic heterocycles. The third-order valence-electron chi connectivity index (χ3n) is 6.46. The van der Waals surface area contributed by atoms with Gasteiger partial charge in [-0.05, 0) is 56.2 Å². The van der Waals surface area contributed by atoms with Crippen LogP contribution in [-0.4, -0.2) is 57.7 Å². The number of halogens is 6. The Labute approximate surface area is 206 Å². The molecule has 2 fully saturated rings. The van der Waals surface area contributed by atoms with E-state index >= 15 is 0 Å². The molecule has 2 saturated heterocycles. The molecule has 0 N–H and O–H groups in total. The van der Waals surface area contributed by atoms with Gasteiger partial charge in [0, 0.05) is 50.1 Å². The van der Waals surface area contributed by atoms with Crippen LogP contribution in [0.15, 0.2) is 41.3 Å². The zero-order chi connectivity index (χ0) is 25.5. The lowest BCUT2D eigenvalue weighted by atomic mass is 10.1. The van der Waals surface area contributed by atoms with Crippen molar-refractivity contribution in [2.75, 3.05) is 42.5 Å². The standard InChI is InChI=1S/C23H25ClF5N3O2S/c1-15-14-31(21-4-2-17(26)12-19(21)23(27,28)29)10-11-32(15)35(33,34)22-5-3-18(13-20(22)24)30-8-6-16(25)7-9-30/h2-5,12-13,15-16H,6-11,14H2,1H3/t15-/m1/s1. The molecule has 0 radical (unpaired) electrons. The molecule has 0 amide bonds. The summed E-state index contributed by atoms with van der Waals surface area (Å²) in [5, 5.41) is 0.0254. The molecule has 0 saturated carbocycles. The Hall–Kier alpha value is -2.11. The highest BCUT2D eigenvalue weighted by molar-refractivity contribution is 7.89. The smallest absolute Gasteiger partial charge is 0.371 e. The summed E-state index contributed by atoms with van der Waals surface area (Å²) in [4.78, 5) is 3.26. The maximum Gasteiger partial charge on any atom is 0.418 e. The third-order valence-corrected chi connectivity index (χ3v) is 8.96. The third kappa shape index (κ3) is 5.36. The summed E-state index contributed by atoms with van der Waals surface area (Å²) in [7, 11) is -4.04. The largest absolute Gasteiger partial charge is 0.418 e. The van der Waals surface area contributed by atoms with Crippen molar-refractivity contribution in [1.82, 2.24) is 4.31 Å². The first-order valence-electron chi connectivity index (χ1n) is 11.2. The first-order chi connectivity index (χ1) is 16.4. The maximum absolute atomic E-state index is 13.5. The maximum atomic E-state index is 13.5. The van der Waals surface area contributed by atoms with E-state index in [4.69, 9.17) is 11.6 Å². The molecule has 2 aromatic carbocycles. The van der Waals surface area contributed by atoms with Gasteiger partial charge in [-0.25, -0.2) is 17.2 Å². The molecular weight excluding hydrogens is 513 g/mol. The monoisotopic (exact) mass is 537 g/mol. The van der Waals surface area contributed by atoms with Crippen molar-refractivity contribution in [2.24, 2.45) is 0 Å². The number of anilines is 2. The molecule has 0 spiro atoms. The minimum Gasteiger partial charge on any atom is -0.371 e. The zero-order valence-electron chi connectivity index (χ0n) is 18.9. The summed E-state index contributed by atoms with van der Waals surface area (Å²) in [6.07, 6.45) is -4.81. The van der Waals surface area contributed by atoms with Gasteiger partial charge >= 0.3 is 6.18 Å². The van der Waals surface area contributed by atoms with Crippen LogP contribution in [0, 0.1) is 5.82 Å². The summed E-state index contributed by atoms with van der Waals surface area (Å²) in [6.45, 7) is 2.52. The number of hydrogen-bond donors (Lipinski definition) is 0. The zero-order valence-corrected chi connectivity index (χ0v) is 20.5. The minimum atomic E-state index is -4.75. The number of alkyl halides is 4. The Morgan fingerprint density at radius 2 is 1.66 bits per heavy atom. The highest BCUT2D eigenvalue weighted by Gasteiger charge is 2.39. The molecule has 12 heteroatoms. The average molecular weight is 538 g/mol. The molecule has 0 bridgehead atoms. The van der Waals surface area contributed by atoms with E-state index in [1.165, 1.54) is 15.3 Å². The molecular formula is C23H25ClF5N3O2S. The summed E-state index contributed by atoms with van der Waals surface area (Å²) < 4.78 is 95.3. The van der Waals surface area contributed by atoms with Crippen molar-refractivity contribution in [3.8, 4) is 0 Å². The van der Waals surface area contributed by atoms with Gasteiger partial charge in [-0.2, -0.15) is 17.5 Å². The predicted molar refractivity (Wildman–Crippen MR) is 125 cm³/mol. The van der Waals surface area contributed by atoms with Crippen LogP contribution in [0.4, 0.5) is 33.3 Å². The van der Waals surface area contributed by atoms with Crippen molar-refractivity contribution in [2.45, 2.75) is 43.1 Å². The Morgan fingerprint density at radius 1 is 0.971 bits per heavy atom. The second kappa shape index (κ2) is 9.74. The number of sulfonamides is 1. The minimum absolute atomic E-state index is 0.00778. The first kappa shape index (κ1) is 26.0. The topological polar surface area (TPSA) is 43.9 Å². The number of piperazine rings is 1. The van der Waals surface area contributed by atoms with Crippen LogP contribution in [0.5, 0.6) is 0 Å². The van der Waals surface area contributed by atoms with E-state index in [0.717, 1.165) is 12.1 Å². The number of nitrogens with zero attached hydrogens (tertiary/aromatic N) is 3. The van der Waals surface area contributed by atoms with Gasteiger partial charge in [-0.3, -0.25) is 0 Å². The number of piperidine rings is 1. The number of hydrogen-bond acceptors (Lipinski definition) is 4. The molecule has 4 rings (SSSR count). The van der Waals surface area contributed by atoms with Crippen LogP contribution in [0.25, 0.3) is 0 Å². The van der Waals surface area contributed by atoms with Gasteiger partial charge in [-0.1, -0.05) is 11.6 Å². The van der Waals surface area contributed by atoms with E-state index in [0.29, 0.717) is 37.7 Å². The fourth-order valence-electron chi connectivity index (χ4n) is 4.66. The molecule has 2 heterocycles. The van der Waals surface area contributed by atoms with Crippen LogP contribution in [0.1, 0.15) is 25.3 Å². The van der Waals surface area contributed by atoms with Gasteiger partial charge in [0.25, 0.3) is 0 Å². The highest BCUT2D eigenvalue weighted by Crippen LogP contribution is 2.38. The van der Waals surface area contributed by atoms with Crippen molar-refractivity contribution in [3.05, 3.63) is 52.8 Å². The van der Waals surface area contributed by atoms with E-state index in [9.17, 15) is 30.4 Å². The Kier molecular flexibility index (Phi) is 7.23. The summed E-state index contributed by atoms with van der Waals surface area (Å²) in [5.74, 6) is -0.998. The highest BCUT2D eigenvalue weighted by atomic mass is 35.5. The van der Waals surface area contributed by atoms with Gasteiger partial charge in [-0.15, -0.1) is 0 Å². The summed E-state index contributed by atoms with van der Waals surface area (Å²) in [6, 6.07) is 6.38. The fourth-order valence-corrected chi connectivity index (χ4v) is 6.78. The van der Waals surface area contributed by atoms with E-state index in [1.807, 2.05) is 4.90 Å². The number of benzene rings is 2. The van der Waals surface area contributed by atoms with Crippen LogP contribution in [0.2, 0.25) is 5.02 Å². The second-order valence-corrected chi connectivity index (χ2v) is 11.1. The molecule has 35 heavy (non-hydrogen) atoms. The Morgan fingerprint density at radius 3 is 2.26 bits per heavy atom. The lowest BCUT2D eigenvalue weighted by Crippen LogP contribution is -2.54. The van der Waals surface area contributed by atoms with Gasteiger partial charge in [0.05, 0.1) is 10.6 Å². The summed E-state index contributed by atoms with van der Waals surface area (Å²) >= 11 is 6.36. The van der Waals surface area contributed by atoms with Gasteiger partial charge in [0.2, 0.25) is 10.0 Å². The molecule has 192 valence electrons. The van der Waals surface area contributed by atoms with Crippen LogP contribution >= 0.6 is 11.6 Å².